The number of amides is 1. The number of sulfone groups is 1. The molecule has 0 saturated carbocycles. The third-order valence-electron chi connectivity index (χ3n) is 3.74. The van der Waals surface area contributed by atoms with E-state index in [0.717, 1.165) is 24.3 Å². The highest BCUT2D eigenvalue weighted by Crippen LogP contribution is 2.13. The third kappa shape index (κ3) is 4.54. The molecule has 1 aliphatic rings. The summed E-state index contributed by atoms with van der Waals surface area (Å²) >= 11 is 0. The molecule has 0 bridgehead atoms. The molecule has 0 unspecified atom stereocenters. The number of aromatic nitrogens is 2. The van der Waals surface area contributed by atoms with Crippen molar-refractivity contribution in [3.8, 4) is 0 Å². The molecule has 2 rings (SSSR count). The largest absolute Gasteiger partial charge is 0.340 e. The van der Waals surface area contributed by atoms with Gasteiger partial charge in [-0.1, -0.05) is 0 Å². The number of carbonyl (C=O) groups excluding carboxylic acids is 1. The Balaban J connectivity index is 1.99. The summed E-state index contributed by atoms with van der Waals surface area (Å²) in [6.45, 7) is 2.73. The summed E-state index contributed by atoms with van der Waals surface area (Å²) in [6.07, 6.45) is 3.83. The summed E-state index contributed by atoms with van der Waals surface area (Å²) in [5, 5.41) is 0. The highest BCUT2D eigenvalue weighted by atomic mass is 32.2. The molecular formula is C14H24N4O3S. The Morgan fingerprint density at radius 2 is 2.05 bits per heavy atom. The van der Waals surface area contributed by atoms with E-state index in [-0.39, 0.29) is 18.1 Å². The van der Waals surface area contributed by atoms with Crippen LogP contribution in [0.15, 0.2) is 6.20 Å². The van der Waals surface area contributed by atoms with Crippen LogP contribution in [0.2, 0.25) is 0 Å². The Bertz CT molecular complexity index is 637. The number of imidazole rings is 1. The van der Waals surface area contributed by atoms with Gasteiger partial charge in [-0.2, -0.15) is 0 Å². The van der Waals surface area contributed by atoms with Crippen molar-refractivity contribution in [1.29, 1.82) is 0 Å². The molecule has 1 amide bonds. The van der Waals surface area contributed by atoms with E-state index in [1.165, 1.54) is 0 Å². The molecule has 0 N–H and O–H groups in total. The Hall–Kier alpha value is -1.41. The summed E-state index contributed by atoms with van der Waals surface area (Å²) < 4.78 is 24.5. The fourth-order valence-corrected chi connectivity index (χ4v) is 3.17. The molecule has 22 heavy (non-hydrogen) atoms. The van der Waals surface area contributed by atoms with Gasteiger partial charge in [0.2, 0.25) is 5.91 Å². The minimum atomic E-state index is -3.10. The molecule has 1 aromatic rings. The summed E-state index contributed by atoms with van der Waals surface area (Å²) in [7, 11) is 0.923. The minimum absolute atomic E-state index is 0.0612. The molecule has 8 heteroatoms. The Kier molecular flexibility index (Phi) is 5.23. The molecule has 0 fully saturated rings. The molecule has 0 aromatic carbocycles. The van der Waals surface area contributed by atoms with E-state index in [4.69, 9.17) is 0 Å². The number of hydrogen-bond acceptors (Lipinski definition) is 5. The summed E-state index contributed by atoms with van der Waals surface area (Å²) in [6, 6.07) is 0. The fraction of sp³-hybridized carbons (Fsp3) is 0.714. The summed E-state index contributed by atoms with van der Waals surface area (Å²) in [5.41, 5.74) is 1.14. The second kappa shape index (κ2) is 6.78. The quantitative estimate of drug-likeness (QED) is 0.746. The zero-order valence-electron chi connectivity index (χ0n) is 13.4. The third-order valence-corrected chi connectivity index (χ3v) is 4.68. The van der Waals surface area contributed by atoms with E-state index < -0.39 is 9.84 Å². The van der Waals surface area contributed by atoms with Gasteiger partial charge in [-0.3, -0.25) is 4.79 Å². The van der Waals surface area contributed by atoms with Gasteiger partial charge in [0.15, 0.2) is 0 Å². The Morgan fingerprint density at radius 3 is 2.68 bits per heavy atom. The van der Waals surface area contributed by atoms with E-state index >= 15 is 0 Å². The lowest BCUT2D eigenvalue weighted by Gasteiger charge is -2.20. The molecule has 0 spiro atoms. The highest BCUT2D eigenvalue weighted by Gasteiger charge is 2.21. The van der Waals surface area contributed by atoms with Gasteiger partial charge in [-0.15, -0.1) is 0 Å². The average Bonchev–Trinajstić information content (AvgIpc) is 2.66. The minimum Gasteiger partial charge on any atom is -0.340 e. The van der Waals surface area contributed by atoms with Crippen molar-refractivity contribution in [2.24, 2.45) is 0 Å². The lowest BCUT2D eigenvalue weighted by atomic mass is 10.3. The van der Waals surface area contributed by atoms with Crippen molar-refractivity contribution in [3.63, 3.8) is 0 Å². The smallest absolute Gasteiger partial charge is 0.223 e. The SMILES string of the molecule is CN(C)Cc1cnc2n1CCN(C(=O)CCS(C)(=O)=O)CC2. The maximum absolute atomic E-state index is 12.2. The zero-order valence-corrected chi connectivity index (χ0v) is 14.3. The predicted octanol–water partition coefficient (Wildman–Crippen LogP) is -0.236. The predicted molar refractivity (Wildman–Crippen MR) is 84.2 cm³/mol. The van der Waals surface area contributed by atoms with Crippen LogP contribution in [-0.4, -0.2) is 72.9 Å². The first-order chi connectivity index (χ1) is 10.3. The van der Waals surface area contributed by atoms with Gasteiger partial charge in [0.05, 0.1) is 11.4 Å². The van der Waals surface area contributed by atoms with E-state index in [1.54, 1.807) is 4.90 Å². The van der Waals surface area contributed by atoms with E-state index in [2.05, 4.69) is 14.5 Å². The van der Waals surface area contributed by atoms with Crippen molar-refractivity contribution >= 4 is 15.7 Å². The van der Waals surface area contributed by atoms with Crippen LogP contribution in [0.1, 0.15) is 17.9 Å². The fourth-order valence-electron chi connectivity index (χ4n) is 2.62. The van der Waals surface area contributed by atoms with Gasteiger partial charge in [0.1, 0.15) is 15.7 Å². The van der Waals surface area contributed by atoms with Gasteiger partial charge in [0.25, 0.3) is 0 Å². The first kappa shape index (κ1) is 17.0. The van der Waals surface area contributed by atoms with Crippen LogP contribution in [-0.2, 0) is 34.1 Å². The van der Waals surface area contributed by atoms with Crippen LogP contribution in [0.25, 0.3) is 0 Å². The van der Waals surface area contributed by atoms with Crippen LogP contribution in [0, 0.1) is 0 Å². The molecule has 0 saturated heterocycles. The van der Waals surface area contributed by atoms with Crippen LogP contribution in [0.5, 0.6) is 0 Å². The van der Waals surface area contributed by atoms with Crippen molar-refractivity contribution in [2.45, 2.75) is 25.9 Å². The van der Waals surface area contributed by atoms with Crippen LogP contribution < -0.4 is 0 Å². The first-order valence-electron chi connectivity index (χ1n) is 7.40. The molecule has 1 aliphatic heterocycles. The van der Waals surface area contributed by atoms with E-state index in [9.17, 15) is 13.2 Å². The van der Waals surface area contributed by atoms with Crippen LogP contribution in [0.3, 0.4) is 0 Å². The topological polar surface area (TPSA) is 75.5 Å². The lowest BCUT2D eigenvalue weighted by Crippen LogP contribution is -2.34. The molecule has 0 radical (unpaired) electrons. The van der Waals surface area contributed by atoms with E-state index in [0.29, 0.717) is 26.1 Å². The van der Waals surface area contributed by atoms with Crippen molar-refractivity contribution in [2.75, 3.05) is 39.2 Å². The molecule has 0 atom stereocenters. The molecule has 124 valence electrons. The van der Waals surface area contributed by atoms with Gasteiger partial charge < -0.3 is 14.4 Å². The van der Waals surface area contributed by atoms with Gasteiger partial charge >= 0.3 is 0 Å². The Labute approximate surface area is 131 Å². The normalized spacial score (nSPS) is 15.7. The maximum Gasteiger partial charge on any atom is 0.223 e. The number of fused-ring (bicyclic) bond motifs is 1. The highest BCUT2D eigenvalue weighted by molar-refractivity contribution is 7.90. The number of hydrogen-bond donors (Lipinski definition) is 0. The summed E-state index contributed by atoms with van der Waals surface area (Å²) in [4.78, 5) is 20.4. The number of carbonyl (C=O) groups is 1. The van der Waals surface area contributed by atoms with Crippen molar-refractivity contribution in [1.82, 2.24) is 19.4 Å². The van der Waals surface area contributed by atoms with E-state index in [1.807, 2.05) is 20.3 Å². The van der Waals surface area contributed by atoms with Crippen LogP contribution in [0.4, 0.5) is 0 Å². The second-order valence-corrected chi connectivity index (χ2v) is 8.33. The average molecular weight is 328 g/mol. The molecular weight excluding hydrogens is 304 g/mol. The number of nitrogens with zero attached hydrogens (tertiary/aromatic N) is 4. The molecule has 2 heterocycles. The van der Waals surface area contributed by atoms with Gasteiger partial charge in [-0.05, 0) is 14.1 Å². The van der Waals surface area contributed by atoms with Crippen molar-refractivity contribution in [3.05, 3.63) is 17.7 Å². The van der Waals surface area contributed by atoms with Crippen LogP contribution >= 0.6 is 0 Å². The zero-order chi connectivity index (χ0) is 16.3. The molecule has 0 aliphatic carbocycles. The lowest BCUT2D eigenvalue weighted by molar-refractivity contribution is -0.130. The maximum atomic E-state index is 12.2. The standard InChI is InChI=1S/C14H24N4O3S/c1-16(2)11-12-10-15-13-4-6-17(7-8-18(12)13)14(19)5-9-22(3,20)21/h10H,4-9,11H2,1-3H3. The van der Waals surface area contributed by atoms with Crippen molar-refractivity contribution < 1.29 is 13.2 Å². The number of rotatable bonds is 5. The Morgan fingerprint density at radius 1 is 1.32 bits per heavy atom. The molecule has 7 nitrogen and oxygen atoms in total. The first-order valence-corrected chi connectivity index (χ1v) is 9.46. The molecule has 1 aromatic heterocycles. The second-order valence-electron chi connectivity index (χ2n) is 6.07. The summed E-state index contributed by atoms with van der Waals surface area (Å²) in [5.74, 6) is 0.819. The monoisotopic (exact) mass is 328 g/mol. The van der Waals surface area contributed by atoms with Gasteiger partial charge in [0, 0.05) is 51.5 Å². The van der Waals surface area contributed by atoms with Gasteiger partial charge in [-0.25, -0.2) is 13.4 Å².